The standard InChI is InChI=1S/C69H72BN3O2/c1-65(2,3)43-19-26-47(27-20-43)71(50-32-33-53-52-17-15-16-18-54(52)69(13,14)55(53)38-50)51-39-60-64-61(40-51)73(49-30-23-45(24-31-49)67(7,8)9)59-42-63-62(74-35-36-75-63)41-57(59)70(64)56-37-46(68(10,11)12)25-34-58(56)72(60)48-28-21-44(22-29-48)66(4,5)6/h15-34,37-42H,35-36H2,1-14H3. The molecule has 0 spiro atoms. The smallest absolute Gasteiger partial charge is 0.252 e. The second-order valence-corrected chi connectivity index (χ2v) is 26.2. The van der Waals surface area contributed by atoms with Gasteiger partial charge in [0.25, 0.3) is 6.71 Å². The van der Waals surface area contributed by atoms with Crippen molar-refractivity contribution in [2.45, 2.75) is 124 Å². The van der Waals surface area contributed by atoms with Crippen molar-refractivity contribution in [3.8, 4) is 22.6 Å². The summed E-state index contributed by atoms with van der Waals surface area (Å²) in [6.07, 6.45) is 0. The summed E-state index contributed by atoms with van der Waals surface area (Å²) in [5, 5.41) is 0. The van der Waals surface area contributed by atoms with Crippen molar-refractivity contribution < 1.29 is 9.47 Å². The lowest BCUT2D eigenvalue weighted by molar-refractivity contribution is 0.172. The van der Waals surface area contributed by atoms with E-state index in [9.17, 15) is 0 Å². The summed E-state index contributed by atoms with van der Waals surface area (Å²) in [4.78, 5) is 7.58. The summed E-state index contributed by atoms with van der Waals surface area (Å²) >= 11 is 0. The van der Waals surface area contributed by atoms with Crippen molar-refractivity contribution >= 4 is 74.3 Å². The van der Waals surface area contributed by atoms with Crippen molar-refractivity contribution in [3.05, 3.63) is 191 Å². The Bertz CT molecular complexity index is 3560. The fraction of sp³-hybridized carbons (Fsp3) is 0.304. The number of hydrogen-bond acceptors (Lipinski definition) is 5. The van der Waals surface area contributed by atoms with Crippen LogP contribution in [0.1, 0.15) is 130 Å². The first-order chi connectivity index (χ1) is 35.5. The van der Waals surface area contributed by atoms with Crippen LogP contribution in [0.15, 0.2) is 158 Å². The molecule has 0 unspecified atom stereocenters. The molecule has 0 saturated carbocycles. The molecule has 378 valence electrons. The van der Waals surface area contributed by atoms with Crippen molar-refractivity contribution in [2.24, 2.45) is 0 Å². The van der Waals surface area contributed by atoms with Gasteiger partial charge >= 0.3 is 0 Å². The molecule has 12 rings (SSSR count). The van der Waals surface area contributed by atoms with Gasteiger partial charge in [-0.05, 0) is 155 Å². The highest BCUT2D eigenvalue weighted by Crippen LogP contribution is 2.53. The van der Waals surface area contributed by atoms with Crippen LogP contribution in [0.2, 0.25) is 0 Å². The maximum absolute atomic E-state index is 6.49. The minimum absolute atomic E-state index is 0.00334. The van der Waals surface area contributed by atoms with Crippen molar-refractivity contribution in [1.29, 1.82) is 0 Å². The molecule has 0 amide bonds. The van der Waals surface area contributed by atoms with Gasteiger partial charge in [-0.3, -0.25) is 0 Å². The van der Waals surface area contributed by atoms with E-state index in [-0.39, 0.29) is 33.8 Å². The second kappa shape index (κ2) is 16.9. The van der Waals surface area contributed by atoms with Gasteiger partial charge in [0.05, 0.1) is 5.69 Å². The van der Waals surface area contributed by atoms with E-state index >= 15 is 0 Å². The molecule has 0 radical (unpaired) electrons. The van der Waals surface area contributed by atoms with Crippen LogP contribution in [0.3, 0.4) is 0 Å². The molecule has 1 aliphatic carbocycles. The Labute approximate surface area is 447 Å². The van der Waals surface area contributed by atoms with Gasteiger partial charge in [0.15, 0.2) is 11.5 Å². The zero-order valence-corrected chi connectivity index (χ0v) is 46.7. The van der Waals surface area contributed by atoms with E-state index in [0.29, 0.717) is 13.2 Å². The Kier molecular flexibility index (Phi) is 11.0. The topological polar surface area (TPSA) is 28.2 Å². The molecule has 0 fully saturated rings. The van der Waals surface area contributed by atoms with E-state index in [1.165, 1.54) is 66.6 Å². The normalized spacial score (nSPS) is 15.2. The van der Waals surface area contributed by atoms with Crippen molar-refractivity contribution in [3.63, 3.8) is 0 Å². The van der Waals surface area contributed by atoms with Crippen LogP contribution < -0.4 is 40.6 Å². The molecule has 8 aromatic carbocycles. The van der Waals surface area contributed by atoms with Crippen LogP contribution in [-0.4, -0.2) is 19.9 Å². The molecule has 0 bridgehead atoms. The van der Waals surface area contributed by atoms with Gasteiger partial charge in [-0.1, -0.05) is 176 Å². The fourth-order valence-electron chi connectivity index (χ4n) is 12.3. The number of nitrogens with zero attached hydrogens (tertiary/aromatic N) is 3. The van der Waals surface area contributed by atoms with E-state index in [1.807, 2.05) is 0 Å². The molecule has 0 N–H and O–H groups in total. The Morgan fingerprint density at radius 3 is 1.44 bits per heavy atom. The summed E-state index contributed by atoms with van der Waals surface area (Å²) in [6.45, 7) is 33.3. The highest BCUT2D eigenvalue weighted by Gasteiger charge is 2.46. The third-order valence-corrected chi connectivity index (χ3v) is 16.6. The van der Waals surface area contributed by atoms with Crippen LogP contribution in [-0.2, 0) is 27.1 Å². The third-order valence-electron chi connectivity index (χ3n) is 16.6. The van der Waals surface area contributed by atoms with Crippen molar-refractivity contribution in [2.75, 3.05) is 27.9 Å². The summed E-state index contributed by atoms with van der Waals surface area (Å²) in [6, 6.07) is 60.8. The van der Waals surface area contributed by atoms with Gasteiger partial charge in [-0.2, -0.15) is 0 Å². The lowest BCUT2D eigenvalue weighted by Gasteiger charge is -2.45. The predicted molar refractivity (Wildman–Crippen MR) is 319 cm³/mol. The summed E-state index contributed by atoms with van der Waals surface area (Å²) in [7, 11) is 0. The number of benzene rings is 8. The fourth-order valence-corrected chi connectivity index (χ4v) is 12.3. The van der Waals surface area contributed by atoms with Gasteiger partial charge < -0.3 is 24.2 Å². The lowest BCUT2D eigenvalue weighted by Crippen LogP contribution is -2.61. The quantitative estimate of drug-likeness (QED) is 0.160. The Morgan fingerprint density at radius 1 is 0.413 bits per heavy atom. The number of anilines is 9. The van der Waals surface area contributed by atoms with Crippen LogP contribution in [0.4, 0.5) is 51.2 Å². The van der Waals surface area contributed by atoms with E-state index in [2.05, 4.69) is 269 Å². The number of hydrogen-bond donors (Lipinski definition) is 0. The minimum atomic E-state index is -0.185. The Balaban J connectivity index is 1.19. The number of fused-ring (bicyclic) bond motifs is 8. The van der Waals surface area contributed by atoms with E-state index in [4.69, 9.17) is 9.47 Å². The van der Waals surface area contributed by atoms with Gasteiger partial charge in [0, 0.05) is 57.0 Å². The third kappa shape index (κ3) is 8.05. The van der Waals surface area contributed by atoms with Crippen LogP contribution in [0.25, 0.3) is 11.1 Å². The number of ether oxygens (including phenoxy) is 2. The molecule has 0 saturated heterocycles. The zero-order valence-electron chi connectivity index (χ0n) is 46.7. The molecule has 3 aliphatic heterocycles. The largest absolute Gasteiger partial charge is 0.486 e. The maximum Gasteiger partial charge on any atom is 0.252 e. The highest BCUT2D eigenvalue weighted by atomic mass is 16.6. The van der Waals surface area contributed by atoms with Gasteiger partial charge in [-0.25, -0.2) is 0 Å². The number of rotatable bonds is 5. The molecule has 6 heteroatoms. The molecule has 3 heterocycles. The Morgan fingerprint density at radius 2 is 0.880 bits per heavy atom. The first-order valence-electron chi connectivity index (χ1n) is 27.2. The molecular weight excluding hydrogens is 914 g/mol. The van der Waals surface area contributed by atoms with Crippen molar-refractivity contribution in [1.82, 2.24) is 0 Å². The summed E-state index contributed by atoms with van der Waals surface area (Å²) in [5.74, 6) is 1.57. The minimum Gasteiger partial charge on any atom is -0.486 e. The average molecular weight is 986 g/mol. The van der Waals surface area contributed by atoms with Gasteiger partial charge in [-0.15, -0.1) is 0 Å². The van der Waals surface area contributed by atoms with Crippen LogP contribution in [0, 0.1) is 0 Å². The van der Waals surface area contributed by atoms with Gasteiger partial charge in [0.2, 0.25) is 0 Å². The van der Waals surface area contributed by atoms with E-state index in [0.717, 1.165) is 57.0 Å². The maximum atomic E-state index is 6.49. The molecule has 0 atom stereocenters. The Hall–Kier alpha value is -7.18. The second-order valence-electron chi connectivity index (χ2n) is 26.2. The first-order valence-corrected chi connectivity index (χ1v) is 27.2. The molecule has 4 aliphatic rings. The molecular formula is C69H72BN3O2. The van der Waals surface area contributed by atoms with E-state index < -0.39 is 0 Å². The summed E-state index contributed by atoms with van der Waals surface area (Å²) in [5.41, 5.74) is 24.0. The van der Waals surface area contributed by atoms with Crippen LogP contribution in [0.5, 0.6) is 11.5 Å². The zero-order chi connectivity index (χ0) is 52.7. The summed E-state index contributed by atoms with van der Waals surface area (Å²) < 4.78 is 13.0. The first kappa shape index (κ1) is 48.7. The predicted octanol–water partition coefficient (Wildman–Crippen LogP) is 16.5. The van der Waals surface area contributed by atoms with Crippen LogP contribution >= 0.6 is 0 Å². The molecule has 8 aromatic rings. The SMILES string of the molecule is CC(C)(C)c1ccc(N(c2cc3c4c(c2)N(c2ccc(C(C)(C)C)cc2)c2cc5c(cc2B4c2cc(C(C)(C)C)ccc2N3c2ccc(C(C)(C)C)cc2)OCCO5)c2ccc3c(c2)C(C)(C)c2ccccc2-3)cc1. The molecule has 5 nitrogen and oxygen atoms in total. The van der Waals surface area contributed by atoms with E-state index in [1.54, 1.807) is 0 Å². The highest BCUT2D eigenvalue weighted by molar-refractivity contribution is 7.00. The van der Waals surface area contributed by atoms with Gasteiger partial charge in [0.1, 0.15) is 13.2 Å². The molecule has 0 aromatic heterocycles. The average Bonchev–Trinajstić information content (AvgIpc) is 3.60. The lowest BCUT2D eigenvalue weighted by atomic mass is 9.33. The monoisotopic (exact) mass is 986 g/mol. The molecule has 75 heavy (non-hydrogen) atoms.